The van der Waals surface area contributed by atoms with Gasteiger partial charge in [-0.3, -0.25) is 19.6 Å². The molecule has 2 heterocycles. The molecule has 0 aliphatic heterocycles. The second kappa shape index (κ2) is 8.94. The first kappa shape index (κ1) is 22.9. The van der Waals surface area contributed by atoms with Gasteiger partial charge in [0.15, 0.2) is 0 Å². The average molecular weight is 446 g/mol. The largest absolute Gasteiger partial charge is 0.465 e. The highest BCUT2D eigenvalue weighted by Crippen LogP contribution is 2.34. The minimum Gasteiger partial charge on any atom is -0.465 e. The Hall–Kier alpha value is -3.42. The highest BCUT2D eigenvalue weighted by Gasteiger charge is 2.32. The molecular formula is C16H16F2N4O7S. The zero-order chi connectivity index (χ0) is 22.7. The van der Waals surface area contributed by atoms with Crippen LogP contribution in [0.2, 0.25) is 0 Å². The molecule has 0 atom stereocenters. The molecule has 14 heteroatoms. The van der Waals surface area contributed by atoms with Gasteiger partial charge in [-0.2, -0.15) is 5.10 Å². The second-order valence-corrected chi connectivity index (χ2v) is 6.85. The summed E-state index contributed by atoms with van der Waals surface area (Å²) in [6, 6.07) is 0. The van der Waals surface area contributed by atoms with Crippen LogP contribution in [0.25, 0.3) is 0 Å². The summed E-state index contributed by atoms with van der Waals surface area (Å²) in [5.74, 6) is -2.37. The molecule has 0 radical (unpaired) electrons. The van der Waals surface area contributed by atoms with Crippen LogP contribution in [0.1, 0.15) is 43.4 Å². The van der Waals surface area contributed by atoms with Gasteiger partial charge in [-0.25, -0.2) is 18.4 Å². The molecule has 0 fully saturated rings. The first-order valence-corrected chi connectivity index (χ1v) is 8.94. The maximum Gasteiger partial charge on any atom is 0.348 e. The van der Waals surface area contributed by atoms with E-state index in [1.807, 2.05) is 0 Å². The average Bonchev–Trinajstić information content (AvgIpc) is 3.17. The number of aromatic nitrogens is 2. The van der Waals surface area contributed by atoms with Crippen LogP contribution >= 0.6 is 11.3 Å². The lowest BCUT2D eigenvalue weighted by Gasteiger charge is -2.07. The van der Waals surface area contributed by atoms with Crippen molar-refractivity contribution in [1.82, 2.24) is 9.78 Å². The first-order valence-electron chi connectivity index (χ1n) is 8.13. The minimum atomic E-state index is -3.21. The summed E-state index contributed by atoms with van der Waals surface area (Å²) >= 11 is 0.759. The molecule has 2 aromatic heterocycles. The van der Waals surface area contributed by atoms with Crippen molar-refractivity contribution >= 4 is 39.9 Å². The van der Waals surface area contributed by atoms with E-state index in [9.17, 15) is 33.3 Å². The summed E-state index contributed by atoms with van der Waals surface area (Å²) in [5.41, 5.74) is -2.03. The van der Waals surface area contributed by atoms with Crippen LogP contribution in [0.3, 0.4) is 0 Å². The number of anilines is 1. The van der Waals surface area contributed by atoms with Gasteiger partial charge in [-0.1, -0.05) is 0 Å². The third-order valence-electron chi connectivity index (χ3n) is 4.04. The number of hydrogen-bond acceptors (Lipinski definition) is 9. The Labute approximate surface area is 171 Å². The van der Waals surface area contributed by atoms with Crippen molar-refractivity contribution in [3.8, 4) is 0 Å². The van der Waals surface area contributed by atoms with Crippen molar-refractivity contribution in [3.63, 3.8) is 0 Å². The van der Waals surface area contributed by atoms with Gasteiger partial charge in [-0.15, -0.1) is 11.3 Å². The highest BCUT2D eigenvalue weighted by molar-refractivity contribution is 7.18. The maximum atomic E-state index is 13.0. The number of amides is 1. The fraction of sp³-hybridized carbons (Fsp3) is 0.375. The van der Waals surface area contributed by atoms with E-state index in [4.69, 9.17) is 0 Å². The zero-order valence-corrected chi connectivity index (χ0v) is 17.0. The Bertz CT molecular complexity index is 1030. The number of esters is 2. The van der Waals surface area contributed by atoms with Crippen LogP contribution in [-0.4, -0.2) is 46.8 Å². The smallest absolute Gasteiger partial charge is 0.348 e. The fourth-order valence-electron chi connectivity index (χ4n) is 2.63. The number of rotatable bonds is 7. The number of nitro groups is 1. The van der Waals surface area contributed by atoms with Crippen LogP contribution in [0, 0.1) is 24.0 Å². The lowest BCUT2D eigenvalue weighted by molar-refractivity contribution is -0.386. The molecule has 0 spiro atoms. The van der Waals surface area contributed by atoms with E-state index >= 15 is 0 Å². The predicted octanol–water partition coefficient (Wildman–Crippen LogP) is 2.62. The number of hydrogen-bond donors (Lipinski definition) is 1. The number of alkyl halides is 2. The molecule has 11 nitrogen and oxygen atoms in total. The monoisotopic (exact) mass is 446 g/mol. The molecule has 30 heavy (non-hydrogen) atoms. The van der Waals surface area contributed by atoms with Gasteiger partial charge < -0.3 is 14.8 Å². The van der Waals surface area contributed by atoms with Crippen molar-refractivity contribution in [3.05, 3.63) is 37.5 Å². The summed E-state index contributed by atoms with van der Waals surface area (Å²) in [6.07, 6.45) is -3.21. The Morgan fingerprint density at radius 1 is 1.23 bits per heavy atom. The van der Waals surface area contributed by atoms with Crippen LogP contribution in [0.15, 0.2) is 0 Å². The standard InChI is InChI=1S/C16H16F2N4O7S/c1-6-9(15(24)28-3)14(30-12(6)16(25)29-4)19-8(23)5-21-7(2)11(22(26)27)10(20-21)13(17)18/h13H,5H2,1-4H3,(H,19,23). The zero-order valence-electron chi connectivity index (χ0n) is 16.1. The Morgan fingerprint density at radius 3 is 2.30 bits per heavy atom. The molecule has 1 amide bonds. The number of ether oxygens (including phenoxy) is 2. The number of thiophene rings is 1. The molecule has 162 valence electrons. The van der Waals surface area contributed by atoms with Gasteiger partial charge in [0.05, 0.1) is 24.7 Å². The van der Waals surface area contributed by atoms with Gasteiger partial charge in [0, 0.05) is 0 Å². The predicted molar refractivity (Wildman–Crippen MR) is 98.9 cm³/mol. The Balaban J connectivity index is 2.37. The number of carbonyl (C=O) groups excluding carboxylic acids is 3. The molecule has 0 aromatic carbocycles. The van der Waals surface area contributed by atoms with Gasteiger partial charge in [-0.05, 0) is 19.4 Å². The van der Waals surface area contributed by atoms with E-state index in [0.29, 0.717) is 0 Å². The third-order valence-corrected chi connectivity index (χ3v) is 5.23. The number of carbonyl (C=O) groups is 3. The molecule has 0 saturated heterocycles. The highest BCUT2D eigenvalue weighted by atomic mass is 32.1. The van der Waals surface area contributed by atoms with E-state index in [0.717, 1.165) is 30.2 Å². The molecule has 2 rings (SSSR count). The summed E-state index contributed by atoms with van der Waals surface area (Å²) in [4.78, 5) is 46.5. The van der Waals surface area contributed by atoms with Crippen molar-refractivity contribution in [2.75, 3.05) is 19.5 Å². The first-order chi connectivity index (χ1) is 14.0. The minimum absolute atomic E-state index is 0.0295. The van der Waals surface area contributed by atoms with Crippen molar-refractivity contribution in [1.29, 1.82) is 0 Å². The molecule has 2 aromatic rings. The quantitative estimate of drug-likeness (QED) is 0.388. The number of methoxy groups -OCH3 is 2. The lowest BCUT2D eigenvalue weighted by atomic mass is 10.1. The van der Waals surface area contributed by atoms with Crippen molar-refractivity contribution in [2.45, 2.75) is 26.8 Å². The molecular weight excluding hydrogens is 430 g/mol. The molecule has 0 saturated carbocycles. The SMILES string of the molecule is COC(=O)c1sc(NC(=O)Cn2nc(C(F)F)c([N+](=O)[O-])c2C)c(C(=O)OC)c1C. The van der Waals surface area contributed by atoms with E-state index in [2.05, 4.69) is 19.9 Å². The lowest BCUT2D eigenvalue weighted by Crippen LogP contribution is -2.21. The van der Waals surface area contributed by atoms with Crippen LogP contribution in [0.5, 0.6) is 0 Å². The van der Waals surface area contributed by atoms with Gasteiger partial charge in [0.2, 0.25) is 11.6 Å². The number of nitrogens with zero attached hydrogens (tertiary/aromatic N) is 3. The van der Waals surface area contributed by atoms with Crippen LogP contribution < -0.4 is 5.32 Å². The summed E-state index contributed by atoms with van der Waals surface area (Å²) < 4.78 is 36.1. The molecule has 0 bridgehead atoms. The van der Waals surface area contributed by atoms with E-state index in [-0.39, 0.29) is 26.7 Å². The van der Waals surface area contributed by atoms with Crippen molar-refractivity contribution in [2.24, 2.45) is 0 Å². The third kappa shape index (κ3) is 4.27. The van der Waals surface area contributed by atoms with Gasteiger partial charge in [0.25, 0.3) is 6.43 Å². The Kier molecular flexibility index (Phi) is 6.81. The topological polar surface area (TPSA) is 143 Å². The molecule has 0 aliphatic rings. The second-order valence-electron chi connectivity index (χ2n) is 5.83. The van der Waals surface area contributed by atoms with Crippen molar-refractivity contribution < 1.29 is 37.6 Å². The number of halogens is 2. The van der Waals surface area contributed by atoms with E-state index in [1.54, 1.807) is 0 Å². The molecule has 1 N–H and O–H groups in total. The summed E-state index contributed by atoms with van der Waals surface area (Å²) in [7, 11) is 2.26. The molecule has 0 unspecified atom stereocenters. The van der Waals surface area contributed by atoms with E-state index < -0.39 is 47.1 Å². The number of nitrogens with one attached hydrogen (secondary N) is 1. The maximum absolute atomic E-state index is 13.0. The van der Waals surface area contributed by atoms with Crippen LogP contribution in [0.4, 0.5) is 19.5 Å². The Morgan fingerprint density at radius 2 is 1.83 bits per heavy atom. The fourth-order valence-corrected chi connectivity index (χ4v) is 3.75. The normalized spacial score (nSPS) is 10.8. The molecule has 0 aliphatic carbocycles. The van der Waals surface area contributed by atoms with E-state index in [1.165, 1.54) is 13.8 Å². The van der Waals surface area contributed by atoms with Gasteiger partial charge >= 0.3 is 17.6 Å². The van der Waals surface area contributed by atoms with Gasteiger partial charge in [0.1, 0.15) is 22.1 Å². The summed E-state index contributed by atoms with van der Waals surface area (Å²) in [5, 5.41) is 16.9. The van der Waals surface area contributed by atoms with Crippen LogP contribution in [-0.2, 0) is 20.8 Å². The summed E-state index contributed by atoms with van der Waals surface area (Å²) in [6.45, 7) is 1.99.